The predicted octanol–water partition coefficient (Wildman–Crippen LogP) is 2.42. The van der Waals surface area contributed by atoms with Crippen LogP contribution in [0.2, 0.25) is 0 Å². The zero-order valence-electron chi connectivity index (χ0n) is 4.97. The molecular weight excluding hydrogens is 211 g/mol. The first-order valence-electron chi connectivity index (χ1n) is 2.53. The summed E-state index contributed by atoms with van der Waals surface area (Å²) in [4.78, 5) is 0. The second-order valence-electron chi connectivity index (χ2n) is 1.62. The molecule has 0 saturated carbocycles. The summed E-state index contributed by atoms with van der Waals surface area (Å²) in [5.74, 6) is 0.612. The summed E-state index contributed by atoms with van der Waals surface area (Å²) in [5, 5.41) is 0. The summed E-state index contributed by atoms with van der Waals surface area (Å²) in [5.41, 5.74) is 1.18. The van der Waals surface area contributed by atoms with Crippen LogP contribution in [0.25, 0.3) is 0 Å². The molecule has 0 saturated heterocycles. The Balaban J connectivity index is 0.000000640. The Morgan fingerprint density at radius 3 is 2.00 bits per heavy atom. The molecule has 44 valence electrons. The third-order valence-electron chi connectivity index (χ3n) is 0.997. The summed E-state index contributed by atoms with van der Waals surface area (Å²) in [6.45, 7) is 0. The molecule has 2 heteroatoms. The minimum Gasteiger partial charge on any atom is -0.122 e. The van der Waals surface area contributed by atoms with E-state index in [1.165, 1.54) is 5.56 Å². The molecule has 1 aromatic rings. The topological polar surface area (TPSA) is 0 Å². The Bertz CT molecular complexity index is 150. The molecule has 1 rings (SSSR count). The number of benzene rings is 1. The molecule has 0 atom stereocenters. The van der Waals surface area contributed by atoms with Crippen LogP contribution in [0.5, 0.6) is 0 Å². The fourth-order valence-corrected chi connectivity index (χ4v) is 0.745. The van der Waals surface area contributed by atoms with Crippen molar-refractivity contribution in [3.63, 3.8) is 0 Å². The third-order valence-corrected chi connectivity index (χ3v) is 1.31. The van der Waals surface area contributed by atoms with E-state index < -0.39 is 0 Å². The van der Waals surface area contributed by atoms with Crippen LogP contribution in [0.3, 0.4) is 0 Å². The molecule has 0 nitrogen and oxygen atoms in total. The van der Waals surface area contributed by atoms with E-state index in [-0.39, 0.29) is 26.2 Å². The summed E-state index contributed by atoms with van der Waals surface area (Å²) >= 11 is 5.53. The molecule has 1 aromatic carbocycles. The maximum Gasteiger partial charge on any atom is 2.00 e. The first kappa shape index (κ1) is 9.39. The van der Waals surface area contributed by atoms with E-state index in [4.69, 9.17) is 11.6 Å². The minimum atomic E-state index is 0. The van der Waals surface area contributed by atoms with Crippen LogP contribution in [0, 0.1) is 0 Å². The van der Waals surface area contributed by atoms with Gasteiger partial charge in [-0.05, 0) is 5.56 Å². The second kappa shape index (κ2) is 5.20. The van der Waals surface area contributed by atoms with Crippen molar-refractivity contribution in [1.29, 1.82) is 0 Å². The van der Waals surface area contributed by atoms with Crippen LogP contribution in [-0.2, 0) is 32.1 Å². The summed E-state index contributed by atoms with van der Waals surface area (Å²) < 4.78 is 0. The zero-order chi connectivity index (χ0) is 5.82. The van der Waals surface area contributed by atoms with E-state index >= 15 is 0 Å². The van der Waals surface area contributed by atoms with Crippen molar-refractivity contribution in [3.05, 3.63) is 35.9 Å². The van der Waals surface area contributed by atoms with E-state index in [9.17, 15) is 0 Å². The summed E-state index contributed by atoms with van der Waals surface area (Å²) in [7, 11) is 0. The van der Waals surface area contributed by atoms with Gasteiger partial charge in [0.15, 0.2) is 0 Å². The molecular formula is C7H7ClZr+2. The van der Waals surface area contributed by atoms with E-state index in [0.29, 0.717) is 5.88 Å². The zero-order valence-corrected chi connectivity index (χ0v) is 8.19. The van der Waals surface area contributed by atoms with Gasteiger partial charge in [0.1, 0.15) is 0 Å². The van der Waals surface area contributed by atoms with E-state index in [1.54, 1.807) is 0 Å². The van der Waals surface area contributed by atoms with Gasteiger partial charge >= 0.3 is 26.2 Å². The number of halogens is 1. The van der Waals surface area contributed by atoms with Gasteiger partial charge in [-0.2, -0.15) is 0 Å². The van der Waals surface area contributed by atoms with E-state index in [1.807, 2.05) is 30.3 Å². The van der Waals surface area contributed by atoms with Gasteiger partial charge in [0.2, 0.25) is 0 Å². The largest absolute Gasteiger partial charge is 2.00 e. The molecule has 0 amide bonds. The average Bonchev–Trinajstić information content (AvgIpc) is 1.90. The van der Waals surface area contributed by atoms with Crippen LogP contribution in [0.1, 0.15) is 5.56 Å². The van der Waals surface area contributed by atoms with E-state index in [0.717, 1.165) is 0 Å². The number of hydrogen-bond donors (Lipinski definition) is 0. The maximum absolute atomic E-state index is 5.53. The first-order valence-corrected chi connectivity index (χ1v) is 3.07. The van der Waals surface area contributed by atoms with Gasteiger partial charge in [0.25, 0.3) is 0 Å². The number of hydrogen-bond acceptors (Lipinski definition) is 0. The first-order chi connectivity index (χ1) is 3.93. The molecule has 0 aromatic heterocycles. The van der Waals surface area contributed by atoms with Crippen LogP contribution < -0.4 is 0 Å². The van der Waals surface area contributed by atoms with Gasteiger partial charge in [0, 0.05) is 5.88 Å². The Morgan fingerprint density at radius 2 is 1.67 bits per heavy atom. The average molecular weight is 218 g/mol. The molecule has 0 fully saturated rings. The predicted molar refractivity (Wildman–Crippen MR) is 36.0 cm³/mol. The Morgan fingerprint density at radius 1 is 1.11 bits per heavy atom. The molecule has 9 heavy (non-hydrogen) atoms. The third kappa shape index (κ3) is 3.18. The van der Waals surface area contributed by atoms with Crippen molar-refractivity contribution in [3.8, 4) is 0 Å². The molecule has 0 bridgehead atoms. The van der Waals surface area contributed by atoms with Crippen molar-refractivity contribution >= 4 is 11.6 Å². The monoisotopic (exact) mass is 216 g/mol. The van der Waals surface area contributed by atoms with Gasteiger partial charge in [-0.15, -0.1) is 11.6 Å². The SMILES string of the molecule is ClCc1ccccc1.[Zr+2]. The molecule has 0 aliphatic heterocycles. The molecule has 0 unspecified atom stereocenters. The Kier molecular flexibility index (Phi) is 5.43. The van der Waals surface area contributed by atoms with Crippen LogP contribution in [0.15, 0.2) is 30.3 Å². The molecule has 0 spiro atoms. The standard InChI is InChI=1S/C7H7Cl.Zr/c8-6-7-4-2-1-3-5-7;/h1-5H,6H2;/q;+2. The van der Waals surface area contributed by atoms with Gasteiger partial charge in [-0.3, -0.25) is 0 Å². The van der Waals surface area contributed by atoms with Crippen LogP contribution in [0.4, 0.5) is 0 Å². The van der Waals surface area contributed by atoms with Crippen molar-refractivity contribution < 1.29 is 26.2 Å². The minimum absolute atomic E-state index is 0. The number of rotatable bonds is 1. The Hall–Kier alpha value is 0.393. The fourth-order valence-electron chi connectivity index (χ4n) is 0.567. The smallest absolute Gasteiger partial charge is 0.122 e. The summed E-state index contributed by atoms with van der Waals surface area (Å²) in [6.07, 6.45) is 0. The molecule has 0 aliphatic rings. The number of alkyl halides is 1. The van der Waals surface area contributed by atoms with Gasteiger partial charge in [-0.25, -0.2) is 0 Å². The molecule has 0 aliphatic carbocycles. The van der Waals surface area contributed by atoms with Gasteiger partial charge in [-0.1, -0.05) is 30.3 Å². The van der Waals surface area contributed by atoms with Crippen LogP contribution in [-0.4, -0.2) is 0 Å². The van der Waals surface area contributed by atoms with Crippen molar-refractivity contribution in [2.75, 3.05) is 0 Å². The van der Waals surface area contributed by atoms with Crippen molar-refractivity contribution in [2.45, 2.75) is 5.88 Å². The van der Waals surface area contributed by atoms with Gasteiger partial charge in [0.05, 0.1) is 0 Å². The van der Waals surface area contributed by atoms with Gasteiger partial charge < -0.3 is 0 Å². The molecule has 0 N–H and O–H groups in total. The van der Waals surface area contributed by atoms with Crippen molar-refractivity contribution in [1.82, 2.24) is 0 Å². The molecule has 0 heterocycles. The Labute approximate surface area is 79.3 Å². The quantitative estimate of drug-likeness (QED) is 0.634. The maximum atomic E-state index is 5.53. The van der Waals surface area contributed by atoms with E-state index in [2.05, 4.69) is 0 Å². The second-order valence-corrected chi connectivity index (χ2v) is 1.89. The fraction of sp³-hybridized carbons (Fsp3) is 0.143. The normalized spacial score (nSPS) is 8.11. The van der Waals surface area contributed by atoms with Crippen molar-refractivity contribution in [2.24, 2.45) is 0 Å². The van der Waals surface area contributed by atoms with Crippen LogP contribution >= 0.6 is 11.6 Å². The molecule has 0 radical (unpaired) electrons. The summed E-state index contributed by atoms with van der Waals surface area (Å²) in [6, 6.07) is 9.96.